The number of rotatable bonds is 11. The number of hydrogen-bond donors (Lipinski definition) is 5. The zero-order valence-electron chi connectivity index (χ0n) is 20.0. The van der Waals surface area contributed by atoms with Gasteiger partial charge in [0, 0.05) is 12.6 Å². The van der Waals surface area contributed by atoms with Crippen molar-refractivity contribution in [2.45, 2.75) is 33.0 Å². The number of hydrogen-bond acceptors (Lipinski definition) is 8. The highest BCUT2D eigenvalue weighted by atomic mass is 35.5. The summed E-state index contributed by atoms with van der Waals surface area (Å²) in [6.07, 6.45) is 0.816. The molecule has 35 heavy (non-hydrogen) atoms. The Morgan fingerprint density at radius 1 is 1.17 bits per heavy atom. The van der Waals surface area contributed by atoms with E-state index in [1.165, 1.54) is 0 Å². The number of carbonyl (C=O) groups excluding carboxylic acids is 2. The summed E-state index contributed by atoms with van der Waals surface area (Å²) < 4.78 is 9.27. The summed E-state index contributed by atoms with van der Waals surface area (Å²) in [5.41, 5.74) is 13.0. The maximum atomic E-state index is 12.8. The summed E-state index contributed by atoms with van der Waals surface area (Å²) in [6.45, 7) is 4.12. The Kier molecular flexibility index (Phi) is 8.66. The van der Waals surface area contributed by atoms with Gasteiger partial charge in [-0.3, -0.25) is 9.59 Å². The molecular formula is C22H31ClN9O3+. The van der Waals surface area contributed by atoms with Crippen LogP contribution in [0.3, 0.4) is 0 Å². The van der Waals surface area contributed by atoms with Crippen LogP contribution in [0, 0.1) is 0 Å². The van der Waals surface area contributed by atoms with E-state index in [9.17, 15) is 9.59 Å². The number of nitrogens with two attached hydrogens (primary N) is 2. The van der Waals surface area contributed by atoms with Gasteiger partial charge < -0.3 is 32.2 Å². The number of imidazole rings is 1. The number of fused-ring (bicyclic) bond motifs is 1. The van der Waals surface area contributed by atoms with E-state index in [4.69, 9.17) is 27.8 Å². The first kappa shape index (κ1) is 26.0. The Morgan fingerprint density at radius 2 is 1.94 bits per heavy atom. The fraction of sp³-hybridized carbons (Fsp3) is 0.409. The predicted octanol–water partition coefficient (Wildman–Crippen LogP) is 0.221. The van der Waals surface area contributed by atoms with Gasteiger partial charge >= 0.3 is 0 Å². The molecule has 0 unspecified atom stereocenters. The van der Waals surface area contributed by atoms with Gasteiger partial charge in [0.2, 0.25) is 0 Å². The average Bonchev–Trinajstić information content (AvgIpc) is 3.13. The lowest BCUT2D eigenvalue weighted by atomic mass is 10.3. The Hall–Kier alpha value is -3.64. The molecular weight excluding hydrogens is 474 g/mol. The molecule has 2 amide bonds. The van der Waals surface area contributed by atoms with E-state index in [1.807, 2.05) is 41.3 Å². The number of anilines is 2. The van der Waals surface area contributed by atoms with Crippen LogP contribution in [0.4, 0.5) is 11.6 Å². The van der Waals surface area contributed by atoms with Crippen molar-refractivity contribution < 1.29 is 18.9 Å². The van der Waals surface area contributed by atoms with Crippen molar-refractivity contribution in [3.8, 4) is 5.75 Å². The number of aryl methyl sites for hydroxylation is 1. The lowest BCUT2D eigenvalue weighted by molar-refractivity contribution is -0.667. The first-order chi connectivity index (χ1) is 16.8. The van der Waals surface area contributed by atoms with Crippen LogP contribution in [0.25, 0.3) is 11.0 Å². The number of carbonyl (C=O) groups is 2. The van der Waals surface area contributed by atoms with E-state index in [-0.39, 0.29) is 41.5 Å². The van der Waals surface area contributed by atoms with Gasteiger partial charge in [-0.2, -0.15) is 0 Å². The van der Waals surface area contributed by atoms with Crippen molar-refractivity contribution >= 4 is 46.1 Å². The van der Waals surface area contributed by atoms with Gasteiger partial charge in [0.05, 0.1) is 13.7 Å². The number of methoxy groups -OCH3 is 1. The van der Waals surface area contributed by atoms with Gasteiger partial charge in [-0.1, -0.05) is 11.6 Å². The standard InChI is InChI=1S/C22H30ClN9O3/c1-4-31-15-10-13(35-3)6-7-14(15)32(12-16(33)27-9-5-8-26-2)17(31)11-28-22(34)18-20(24)30-21(25)19(23)29-18/h6-7,10,26H,4-5,8-9,11-12H2,1-3H3,(H5-,24,25,27,28,30,33,34)/p+1. The summed E-state index contributed by atoms with van der Waals surface area (Å²) in [5, 5.41) is 8.69. The SMILES string of the molecule is CCn1c(CNC(=O)c2nc(Cl)c(N)nc2N)[n+](CC(=O)NCCCNC)c2ccc(OC)cc21. The summed E-state index contributed by atoms with van der Waals surface area (Å²) >= 11 is 5.92. The summed E-state index contributed by atoms with van der Waals surface area (Å²) in [4.78, 5) is 33.4. The minimum atomic E-state index is -0.564. The normalized spacial score (nSPS) is 11.0. The van der Waals surface area contributed by atoms with Crippen LogP contribution in [0.2, 0.25) is 5.15 Å². The number of nitrogens with zero attached hydrogens (tertiary/aromatic N) is 4. The molecule has 0 aliphatic carbocycles. The number of amides is 2. The molecule has 0 saturated heterocycles. The molecule has 0 atom stereocenters. The van der Waals surface area contributed by atoms with Crippen LogP contribution >= 0.6 is 11.6 Å². The molecule has 12 nitrogen and oxygen atoms in total. The smallest absolute Gasteiger partial charge is 0.277 e. The van der Waals surface area contributed by atoms with E-state index in [1.54, 1.807) is 7.11 Å². The van der Waals surface area contributed by atoms with Gasteiger partial charge in [-0.05, 0) is 39.1 Å². The van der Waals surface area contributed by atoms with Crippen molar-refractivity contribution in [2.24, 2.45) is 0 Å². The van der Waals surface area contributed by atoms with Crippen molar-refractivity contribution in [1.29, 1.82) is 0 Å². The van der Waals surface area contributed by atoms with Crippen LogP contribution in [-0.2, 0) is 24.4 Å². The number of aromatic nitrogens is 4. The highest BCUT2D eigenvalue weighted by Gasteiger charge is 2.27. The zero-order valence-corrected chi connectivity index (χ0v) is 20.8. The van der Waals surface area contributed by atoms with Crippen molar-refractivity contribution in [1.82, 2.24) is 30.5 Å². The lowest BCUT2D eigenvalue weighted by Gasteiger charge is -2.09. The van der Waals surface area contributed by atoms with Crippen LogP contribution in [0.5, 0.6) is 5.75 Å². The van der Waals surface area contributed by atoms with Crippen molar-refractivity contribution in [2.75, 3.05) is 38.7 Å². The average molecular weight is 505 g/mol. The minimum Gasteiger partial charge on any atom is -0.497 e. The molecule has 2 aromatic heterocycles. The minimum absolute atomic E-state index is 0.0562. The Bertz CT molecular complexity index is 1230. The van der Waals surface area contributed by atoms with Gasteiger partial charge in [0.15, 0.2) is 40.1 Å². The molecule has 0 saturated carbocycles. The third-order valence-corrected chi connectivity index (χ3v) is 5.74. The third-order valence-electron chi connectivity index (χ3n) is 5.46. The topological polar surface area (TPSA) is 166 Å². The Labute approximate surface area is 208 Å². The van der Waals surface area contributed by atoms with Crippen LogP contribution in [0.15, 0.2) is 18.2 Å². The highest BCUT2D eigenvalue weighted by Crippen LogP contribution is 2.22. The summed E-state index contributed by atoms with van der Waals surface area (Å²) in [5.74, 6) is 0.514. The predicted molar refractivity (Wildman–Crippen MR) is 133 cm³/mol. The summed E-state index contributed by atoms with van der Waals surface area (Å²) in [7, 11) is 3.46. The molecule has 0 bridgehead atoms. The van der Waals surface area contributed by atoms with Gasteiger partial charge in [0.25, 0.3) is 17.6 Å². The second kappa shape index (κ2) is 11.7. The Balaban J connectivity index is 1.93. The first-order valence-electron chi connectivity index (χ1n) is 11.2. The second-order valence-electron chi connectivity index (χ2n) is 7.72. The van der Waals surface area contributed by atoms with Gasteiger partial charge in [0.1, 0.15) is 12.3 Å². The lowest BCUT2D eigenvalue weighted by Crippen LogP contribution is -2.47. The van der Waals surface area contributed by atoms with E-state index in [2.05, 4.69) is 25.9 Å². The molecule has 0 aliphatic rings. The van der Waals surface area contributed by atoms with Crippen molar-refractivity contribution in [3.63, 3.8) is 0 Å². The molecule has 13 heteroatoms. The fourth-order valence-electron chi connectivity index (χ4n) is 3.76. The number of ether oxygens (including phenoxy) is 1. The highest BCUT2D eigenvalue weighted by molar-refractivity contribution is 6.31. The number of benzene rings is 1. The molecule has 2 heterocycles. The molecule has 0 fully saturated rings. The molecule has 188 valence electrons. The second-order valence-corrected chi connectivity index (χ2v) is 8.08. The van der Waals surface area contributed by atoms with E-state index < -0.39 is 5.91 Å². The Morgan fingerprint density at radius 3 is 2.63 bits per heavy atom. The third kappa shape index (κ3) is 5.89. The maximum absolute atomic E-state index is 12.8. The van der Waals surface area contributed by atoms with Crippen LogP contribution in [0.1, 0.15) is 29.7 Å². The monoisotopic (exact) mass is 504 g/mol. The number of halogens is 1. The quantitative estimate of drug-likeness (QED) is 0.183. The largest absolute Gasteiger partial charge is 0.497 e. The molecule has 3 rings (SSSR count). The maximum Gasteiger partial charge on any atom is 0.277 e. The number of nitrogens with one attached hydrogen (secondary N) is 3. The number of nitrogen functional groups attached to an aromatic ring is 2. The van der Waals surface area contributed by atoms with E-state index in [0.29, 0.717) is 24.7 Å². The fourth-order valence-corrected chi connectivity index (χ4v) is 3.89. The van der Waals surface area contributed by atoms with Gasteiger partial charge in [-0.15, -0.1) is 0 Å². The van der Waals surface area contributed by atoms with E-state index >= 15 is 0 Å². The zero-order chi connectivity index (χ0) is 25.5. The molecule has 0 radical (unpaired) electrons. The summed E-state index contributed by atoms with van der Waals surface area (Å²) in [6, 6.07) is 5.62. The molecule has 1 aromatic carbocycles. The molecule has 3 aromatic rings. The first-order valence-corrected chi connectivity index (χ1v) is 11.5. The van der Waals surface area contributed by atoms with Crippen LogP contribution < -0.4 is 36.7 Å². The van der Waals surface area contributed by atoms with Gasteiger partial charge in [-0.25, -0.2) is 19.1 Å². The van der Waals surface area contributed by atoms with Crippen molar-refractivity contribution in [3.05, 3.63) is 34.9 Å². The molecule has 7 N–H and O–H groups in total. The molecule has 0 aliphatic heterocycles. The molecule has 0 spiro atoms. The van der Waals surface area contributed by atoms with E-state index in [0.717, 1.165) is 24.0 Å². The van der Waals surface area contributed by atoms with Crippen LogP contribution in [-0.4, -0.2) is 53.6 Å².